The highest BCUT2D eigenvalue weighted by Crippen LogP contribution is 2.43. The summed E-state index contributed by atoms with van der Waals surface area (Å²) in [4.78, 5) is 20.7. The Morgan fingerprint density at radius 2 is 1.89 bits per heavy atom. The Hall–Kier alpha value is -3.84. The summed E-state index contributed by atoms with van der Waals surface area (Å²) in [5, 5.41) is 2.05. The predicted octanol–water partition coefficient (Wildman–Crippen LogP) is 5.11. The van der Waals surface area contributed by atoms with Crippen LogP contribution in [0.5, 0.6) is 0 Å². The van der Waals surface area contributed by atoms with Crippen LogP contribution in [0, 0.1) is 12.8 Å². The molecule has 7 heteroatoms. The minimum absolute atomic E-state index is 0.432. The molecule has 0 radical (unpaired) electrons. The highest BCUT2D eigenvalue weighted by Gasteiger charge is 2.32. The van der Waals surface area contributed by atoms with E-state index in [0.717, 1.165) is 63.8 Å². The molecule has 4 aromatic heterocycles. The number of nitrogens with two attached hydrogens (primary N) is 1. The topological polar surface area (TPSA) is 85.8 Å². The minimum atomic E-state index is 0.432. The van der Waals surface area contributed by atoms with Gasteiger partial charge >= 0.3 is 0 Å². The van der Waals surface area contributed by atoms with Crippen LogP contribution in [0.3, 0.4) is 0 Å². The van der Waals surface area contributed by atoms with E-state index in [9.17, 15) is 0 Å². The second-order valence-corrected chi connectivity index (χ2v) is 9.93. The molecular formula is C28H29N7. The molecule has 4 heterocycles. The van der Waals surface area contributed by atoms with Crippen molar-refractivity contribution in [3.63, 3.8) is 0 Å². The fraction of sp³-hybridized carbons (Fsp3) is 0.286. The first-order valence-corrected chi connectivity index (χ1v) is 12.1. The number of anilines is 1. The summed E-state index contributed by atoms with van der Waals surface area (Å²) in [5.41, 5.74) is 13.3. The number of hydrogen-bond donors (Lipinski definition) is 1. The standard InChI is InChI=1S/C28H29N7/c1-17-10-25(23-6-4-5-9-30-23)33-24-13-19(7-8-21(17)24)22-15-35(20-11-18(12-20)14-34(2)3)28-26(22)27(29)31-16-32-28/h4-10,13,15-16,18,20H,11-12,14H2,1-3H3,(H2,29,31,32). The number of hydrogen-bond acceptors (Lipinski definition) is 6. The Bertz CT molecular complexity index is 1530. The van der Waals surface area contributed by atoms with E-state index in [1.165, 1.54) is 5.56 Å². The van der Waals surface area contributed by atoms with Crippen molar-refractivity contribution >= 4 is 27.8 Å². The molecule has 0 bridgehead atoms. The van der Waals surface area contributed by atoms with E-state index < -0.39 is 0 Å². The molecule has 5 aromatic rings. The number of fused-ring (bicyclic) bond motifs is 2. The number of aryl methyl sites for hydroxylation is 1. The minimum Gasteiger partial charge on any atom is -0.383 e. The van der Waals surface area contributed by atoms with Gasteiger partial charge in [0.05, 0.1) is 22.3 Å². The Labute approximate surface area is 204 Å². The maximum atomic E-state index is 6.40. The number of nitrogen functional groups attached to an aromatic ring is 1. The zero-order valence-corrected chi connectivity index (χ0v) is 20.3. The van der Waals surface area contributed by atoms with Crippen LogP contribution < -0.4 is 5.73 Å². The van der Waals surface area contributed by atoms with E-state index in [2.05, 4.69) is 75.9 Å². The molecule has 1 aliphatic rings. The van der Waals surface area contributed by atoms with Crippen LogP contribution >= 0.6 is 0 Å². The third-order valence-corrected chi connectivity index (χ3v) is 7.12. The molecule has 0 saturated heterocycles. The number of aromatic nitrogens is 5. The average Bonchev–Trinajstić information content (AvgIpc) is 3.21. The highest BCUT2D eigenvalue weighted by atomic mass is 15.1. The molecule has 1 aromatic carbocycles. The first-order valence-electron chi connectivity index (χ1n) is 12.1. The number of benzene rings is 1. The summed E-state index contributed by atoms with van der Waals surface area (Å²) in [6.07, 6.45) is 7.88. The van der Waals surface area contributed by atoms with Crippen molar-refractivity contribution < 1.29 is 0 Å². The van der Waals surface area contributed by atoms with Gasteiger partial charge in [-0.3, -0.25) is 4.98 Å². The monoisotopic (exact) mass is 463 g/mol. The van der Waals surface area contributed by atoms with Crippen molar-refractivity contribution in [2.24, 2.45) is 5.92 Å². The third kappa shape index (κ3) is 3.82. The van der Waals surface area contributed by atoms with Crippen LogP contribution in [-0.2, 0) is 0 Å². The molecule has 176 valence electrons. The summed E-state index contributed by atoms with van der Waals surface area (Å²) in [7, 11) is 4.28. The van der Waals surface area contributed by atoms with Crippen molar-refractivity contribution in [2.75, 3.05) is 26.4 Å². The molecule has 7 nitrogen and oxygen atoms in total. The van der Waals surface area contributed by atoms with Crippen LogP contribution in [-0.4, -0.2) is 50.0 Å². The molecule has 2 N–H and O–H groups in total. The molecule has 0 unspecified atom stereocenters. The summed E-state index contributed by atoms with van der Waals surface area (Å²) < 4.78 is 2.31. The molecule has 0 spiro atoms. The molecule has 0 atom stereocenters. The summed E-state index contributed by atoms with van der Waals surface area (Å²) >= 11 is 0. The smallest absolute Gasteiger partial charge is 0.146 e. The van der Waals surface area contributed by atoms with E-state index in [0.29, 0.717) is 17.8 Å². The molecule has 0 amide bonds. The summed E-state index contributed by atoms with van der Waals surface area (Å²) in [6, 6.07) is 14.9. The van der Waals surface area contributed by atoms with Gasteiger partial charge in [0.15, 0.2) is 0 Å². The first kappa shape index (κ1) is 21.7. The largest absolute Gasteiger partial charge is 0.383 e. The zero-order valence-electron chi connectivity index (χ0n) is 20.3. The summed E-state index contributed by atoms with van der Waals surface area (Å²) in [6.45, 7) is 3.24. The van der Waals surface area contributed by atoms with E-state index in [1.807, 2.05) is 18.2 Å². The van der Waals surface area contributed by atoms with Crippen LogP contribution in [0.25, 0.3) is 44.5 Å². The lowest BCUT2D eigenvalue weighted by molar-refractivity contribution is 0.159. The predicted molar refractivity (Wildman–Crippen MR) is 141 cm³/mol. The lowest BCUT2D eigenvalue weighted by atomic mass is 9.80. The van der Waals surface area contributed by atoms with Gasteiger partial charge in [0, 0.05) is 35.9 Å². The Morgan fingerprint density at radius 1 is 1.03 bits per heavy atom. The van der Waals surface area contributed by atoms with Crippen LogP contribution in [0.1, 0.15) is 24.4 Å². The van der Waals surface area contributed by atoms with Gasteiger partial charge in [0.1, 0.15) is 17.8 Å². The molecule has 0 aliphatic heterocycles. The molecule has 6 rings (SSSR count). The van der Waals surface area contributed by atoms with Gasteiger partial charge in [-0.2, -0.15) is 0 Å². The number of nitrogens with zero attached hydrogens (tertiary/aromatic N) is 6. The maximum Gasteiger partial charge on any atom is 0.146 e. The molecule has 35 heavy (non-hydrogen) atoms. The SMILES string of the molecule is Cc1cc(-c2ccccn2)nc2cc(-c3cn(C4CC(CN(C)C)C4)c4ncnc(N)c34)ccc12. The molecule has 1 saturated carbocycles. The fourth-order valence-electron chi connectivity index (χ4n) is 5.41. The lowest BCUT2D eigenvalue weighted by Crippen LogP contribution is -2.33. The van der Waals surface area contributed by atoms with Crippen molar-refractivity contribution in [2.45, 2.75) is 25.8 Å². The fourth-order valence-corrected chi connectivity index (χ4v) is 5.41. The van der Waals surface area contributed by atoms with Crippen LogP contribution in [0.4, 0.5) is 5.82 Å². The van der Waals surface area contributed by atoms with Crippen LogP contribution in [0.2, 0.25) is 0 Å². The third-order valence-electron chi connectivity index (χ3n) is 7.12. The van der Waals surface area contributed by atoms with E-state index in [-0.39, 0.29) is 0 Å². The van der Waals surface area contributed by atoms with Crippen molar-refractivity contribution in [1.29, 1.82) is 0 Å². The van der Waals surface area contributed by atoms with Gasteiger partial charge < -0.3 is 15.2 Å². The Morgan fingerprint density at radius 3 is 2.66 bits per heavy atom. The maximum absolute atomic E-state index is 6.40. The van der Waals surface area contributed by atoms with Crippen molar-refractivity contribution in [3.8, 4) is 22.5 Å². The van der Waals surface area contributed by atoms with E-state index in [1.54, 1.807) is 12.5 Å². The number of rotatable bonds is 5. The second kappa shape index (κ2) is 8.43. The van der Waals surface area contributed by atoms with Gasteiger partial charge in [-0.1, -0.05) is 18.2 Å². The van der Waals surface area contributed by atoms with Crippen molar-refractivity contribution in [1.82, 2.24) is 29.4 Å². The van der Waals surface area contributed by atoms with Crippen molar-refractivity contribution in [3.05, 3.63) is 66.7 Å². The van der Waals surface area contributed by atoms with Gasteiger partial charge in [-0.05, 0) is 75.2 Å². The van der Waals surface area contributed by atoms with Gasteiger partial charge in [0.2, 0.25) is 0 Å². The van der Waals surface area contributed by atoms with E-state index >= 15 is 0 Å². The number of pyridine rings is 2. The highest BCUT2D eigenvalue weighted by molar-refractivity contribution is 6.02. The second-order valence-electron chi connectivity index (χ2n) is 9.93. The van der Waals surface area contributed by atoms with Crippen LogP contribution in [0.15, 0.2) is 61.2 Å². The van der Waals surface area contributed by atoms with Gasteiger partial charge in [0.25, 0.3) is 0 Å². The molecule has 1 aliphatic carbocycles. The normalized spacial score (nSPS) is 17.8. The Kier molecular flexibility index (Phi) is 5.22. The van der Waals surface area contributed by atoms with E-state index in [4.69, 9.17) is 10.7 Å². The average molecular weight is 464 g/mol. The molecular weight excluding hydrogens is 434 g/mol. The quantitative estimate of drug-likeness (QED) is 0.390. The van der Waals surface area contributed by atoms with Gasteiger partial charge in [-0.15, -0.1) is 0 Å². The summed E-state index contributed by atoms with van der Waals surface area (Å²) in [5.74, 6) is 1.23. The first-order chi connectivity index (χ1) is 17.0. The molecule has 1 fully saturated rings. The zero-order chi connectivity index (χ0) is 24.1. The van der Waals surface area contributed by atoms with Gasteiger partial charge in [-0.25, -0.2) is 15.0 Å². The Balaban J connectivity index is 1.45. The lowest BCUT2D eigenvalue weighted by Gasteiger charge is -2.38.